The fourth-order valence-corrected chi connectivity index (χ4v) is 2.49. The summed E-state index contributed by atoms with van der Waals surface area (Å²) in [5.74, 6) is -0.0128. The largest absolute Gasteiger partial charge is 0.311 e. The highest BCUT2D eigenvalue weighted by Crippen LogP contribution is 2.13. The van der Waals surface area contributed by atoms with E-state index in [9.17, 15) is 13.2 Å². The first kappa shape index (κ1) is 16.5. The van der Waals surface area contributed by atoms with Gasteiger partial charge in [0, 0.05) is 23.8 Å². The number of amides is 1. The van der Waals surface area contributed by atoms with Crippen molar-refractivity contribution in [3.05, 3.63) is 47.1 Å². The number of sulfone groups is 1. The maximum Gasteiger partial charge on any atom is 0.226 e. The minimum Gasteiger partial charge on any atom is -0.311 e. The molecule has 6 nitrogen and oxygen atoms in total. The number of nitrogens with one attached hydrogen (secondary N) is 1. The zero-order chi connectivity index (χ0) is 16.2. The molecule has 0 fully saturated rings. The predicted octanol–water partition coefficient (Wildman–Crippen LogP) is 1.96. The molecular formula is C14H16ClN3O3S. The van der Waals surface area contributed by atoms with Crippen LogP contribution in [0.3, 0.4) is 0 Å². The number of nitrogens with zero attached hydrogens (tertiary/aromatic N) is 2. The Balaban J connectivity index is 2.00. The van der Waals surface area contributed by atoms with Crippen molar-refractivity contribution in [2.24, 2.45) is 0 Å². The number of benzene rings is 1. The molecule has 0 saturated heterocycles. The first-order valence-corrected chi connectivity index (χ1v) is 9.01. The molecule has 0 aliphatic carbocycles. The molecule has 1 N–H and O–H groups in total. The van der Waals surface area contributed by atoms with Crippen molar-refractivity contribution < 1.29 is 13.2 Å². The molecule has 2 aromatic rings. The van der Waals surface area contributed by atoms with Crippen molar-refractivity contribution in [2.75, 3.05) is 17.3 Å². The predicted molar refractivity (Wildman–Crippen MR) is 85.7 cm³/mol. The van der Waals surface area contributed by atoms with Crippen molar-refractivity contribution >= 4 is 33.2 Å². The zero-order valence-corrected chi connectivity index (χ0v) is 13.6. The number of hydrogen-bond donors (Lipinski definition) is 1. The fraction of sp³-hybridized carbons (Fsp3) is 0.286. The average molecular weight is 342 g/mol. The first-order chi connectivity index (χ1) is 10.3. The van der Waals surface area contributed by atoms with Crippen LogP contribution < -0.4 is 5.32 Å². The number of halogens is 1. The number of hydrogen-bond acceptors (Lipinski definition) is 4. The molecule has 0 spiro atoms. The molecule has 1 heterocycles. The SMILES string of the molecule is CS(=O)(=O)CCC(=O)Nc1ccnn1Cc1ccc(Cl)cc1. The number of aromatic nitrogens is 2. The molecule has 0 unspecified atom stereocenters. The van der Waals surface area contributed by atoms with Gasteiger partial charge in [0.15, 0.2) is 0 Å². The number of rotatable bonds is 6. The Hall–Kier alpha value is -1.86. The van der Waals surface area contributed by atoms with Gasteiger partial charge in [0.25, 0.3) is 0 Å². The highest BCUT2D eigenvalue weighted by Gasteiger charge is 2.11. The van der Waals surface area contributed by atoms with Crippen LogP contribution in [0.4, 0.5) is 5.82 Å². The van der Waals surface area contributed by atoms with Crippen LogP contribution in [0, 0.1) is 0 Å². The third-order valence-corrected chi connectivity index (χ3v) is 4.13. The van der Waals surface area contributed by atoms with Gasteiger partial charge in [-0.3, -0.25) is 4.79 Å². The van der Waals surface area contributed by atoms with Crippen molar-refractivity contribution in [1.29, 1.82) is 0 Å². The molecule has 0 saturated carbocycles. The molecule has 1 aromatic carbocycles. The summed E-state index contributed by atoms with van der Waals surface area (Å²) in [5, 5.41) is 7.46. The topological polar surface area (TPSA) is 81.1 Å². The number of anilines is 1. The summed E-state index contributed by atoms with van der Waals surface area (Å²) >= 11 is 5.84. The van der Waals surface area contributed by atoms with Crippen LogP contribution in [0.1, 0.15) is 12.0 Å². The molecule has 0 radical (unpaired) electrons. The van der Waals surface area contributed by atoms with E-state index >= 15 is 0 Å². The van der Waals surface area contributed by atoms with E-state index < -0.39 is 9.84 Å². The van der Waals surface area contributed by atoms with Gasteiger partial charge in [-0.05, 0) is 17.7 Å². The maximum atomic E-state index is 11.8. The standard InChI is InChI=1S/C14H16ClN3O3S/c1-22(20,21)9-7-14(19)17-13-6-8-16-18(13)10-11-2-4-12(15)5-3-11/h2-6,8H,7,9-10H2,1H3,(H,17,19). The quantitative estimate of drug-likeness (QED) is 0.870. The lowest BCUT2D eigenvalue weighted by Gasteiger charge is -2.09. The van der Waals surface area contributed by atoms with Crippen LogP contribution in [-0.4, -0.2) is 36.1 Å². The summed E-state index contributed by atoms with van der Waals surface area (Å²) in [6, 6.07) is 8.97. The third kappa shape index (κ3) is 5.16. The van der Waals surface area contributed by atoms with Crippen molar-refractivity contribution in [1.82, 2.24) is 9.78 Å². The van der Waals surface area contributed by atoms with Crippen LogP contribution in [-0.2, 0) is 21.2 Å². The van der Waals surface area contributed by atoms with Gasteiger partial charge in [-0.2, -0.15) is 5.10 Å². The summed E-state index contributed by atoms with van der Waals surface area (Å²) in [5.41, 5.74) is 0.986. The lowest BCUT2D eigenvalue weighted by atomic mass is 10.2. The van der Waals surface area contributed by atoms with E-state index in [0.717, 1.165) is 11.8 Å². The zero-order valence-electron chi connectivity index (χ0n) is 12.0. The van der Waals surface area contributed by atoms with E-state index in [0.29, 0.717) is 17.4 Å². The summed E-state index contributed by atoms with van der Waals surface area (Å²) in [6.45, 7) is 0.478. The summed E-state index contributed by atoms with van der Waals surface area (Å²) in [4.78, 5) is 11.8. The normalized spacial score (nSPS) is 11.4. The van der Waals surface area contributed by atoms with Crippen LogP contribution in [0.2, 0.25) is 5.02 Å². The van der Waals surface area contributed by atoms with Crippen molar-refractivity contribution in [2.45, 2.75) is 13.0 Å². The second-order valence-electron chi connectivity index (χ2n) is 4.93. The molecule has 2 rings (SSSR count). The van der Waals surface area contributed by atoms with Crippen LogP contribution in [0.15, 0.2) is 36.5 Å². The molecule has 1 aromatic heterocycles. The van der Waals surface area contributed by atoms with E-state index in [1.807, 2.05) is 12.1 Å². The van der Waals surface area contributed by atoms with Gasteiger partial charge in [0.1, 0.15) is 15.7 Å². The summed E-state index contributed by atoms with van der Waals surface area (Å²) in [6.07, 6.45) is 2.60. The average Bonchev–Trinajstić information content (AvgIpc) is 2.86. The van der Waals surface area contributed by atoms with E-state index in [4.69, 9.17) is 11.6 Å². The van der Waals surface area contributed by atoms with Gasteiger partial charge in [-0.1, -0.05) is 23.7 Å². The van der Waals surface area contributed by atoms with Crippen molar-refractivity contribution in [3.63, 3.8) is 0 Å². The van der Waals surface area contributed by atoms with E-state index in [2.05, 4.69) is 10.4 Å². The van der Waals surface area contributed by atoms with Crippen LogP contribution in [0.5, 0.6) is 0 Å². The van der Waals surface area contributed by atoms with Gasteiger partial charge in [-0.15, -0.1) is 0 Å². The highest BCUT2D eigenvalue weighted by atomic mass is 35.5. The Bertz CT molecular complexity index is 754. The lowest BCUT2D eigenvalue weighted by molar-refractivity contribution is -0.115. The molecule has 1 amide bonds. The van der Waals surface area contributed by atoms with Crippen LogP contribution in [0.25, 0.3) is 0 Å². The monoisotopic (exact) mass is 341 g/mol. The van der Waals surface area contributed by atoms with Crippen molar-refractivity contribution in [3.8, 4) is 0 Å². The lowest BCUT2D eigenvalue weighted by Crippen LogP contribution is -2.19. The minimum absolute atomic E-state index is 0.0784. The molecular weight excluding hydrogens is 326 g/mol. The first-order valence-electron chi connectivity index (χ1n) is 6.57. The Morgan fingerprint density at radius 2 is 1.95 bits per heavy atom. The molecule has 8 heteroatoms. The van der Waals surface area contributed by atoms with Gasteiger partial charge >= 0.3 is 0 Å². The Morgan fingerprint density at radius 3 is 2.59 bits per heavy atom. The summed E-state index contributed by atoms with van der Waals surface area (Å²) < 4.78 is 23.8. The second kappa shape index (κ2) is 6.93. The molecule has 0 bridgehead atoms. The Labute approximate surface area is 134 Å². The molecule has 0 aliphatic heterocycles. The molecule has 0 atom stereocenters. The van der Waals surface area contributed by atoms with E-state index in [-0.39, 0.29) is 18.1 Å². The number of carbonyl (C=O) groups excluding carboxylic acids is 1. The van der Waals surface area contributed by atoms with E-state index in [1.165, 1.54) is 0 Å². The molecule has 118 valence electrons. The van der Waals surface area contributed by atoms with Gasteiger partial charge in [-0.25, -0.2) is 13.1 Å². The van der Waals surface area contributed by atoms with Crippen LogP contribution >= 0.6 is 11.6 Å². The highest BCUT2D eigenvalue weighted by molar-refractivity contribution is 7.90. The summed E-state index contributed by atoms with van der Waals surface area (Å²) in [7, 11) is -3.16. The van der Waals surface area contributed by atoms with Gasteiger partial charge in [0.05, 0.1) is 18.5 Å². The maximum absolute atomic E-state index is 11.8. The van der Waals surface area contributed by atoms with Gasteiger partial charge < -0.3 is 5.32 Å². The van der Waals surface area contributed by atoms with E-state index in [1.54, 1.807) is 29.1 Å². The molecule has 22 heavy (non-hydrogen) atoms. The molecule has 0 aliphatic rings. The number of carbonyl (C=O) groups is 1. The Kier molecular flexibility index (Phi) is 5.20. The third-order valence-electron chi connectivity index (χ3n) is 2.93. The smallest absolute Gasteiger partial charge is 0.226 e. The second-order valence-corrected chi connectivity index (χ2v) is 7.62. The Morgan fingerprint density at radius 1 is 1.27 bits per heavy atom. The fourth-order valence-electron chi connectivity index (χ4n) is 1.81. The van der Waals surface area contributed by atoms with Gasteiger partial charge in [0.2, 0.25) is 5.91 Å². The minimum atomic E-state index is -3.16.